The number of rotatable bonds is 28. The van der Waals surface area contributed by atoms with Gasteiger partial charge in [-0.2, -0.15) is 0 Å². The van der Waals surface area contributed by atoms with Crippen LogP contribution in [0.2, 0.25) is 0 Å². The minimum Gasteiger partial charge on any atom is -0.490 e. The summed E-state index contributed by atoms with van der Waals surface area (Å²) < 4.78 is 25.0. The van der Waals surface area contributed by atoms with Crippen LogP contribution >= 0.6 is 0 Å². The first-order chi connectivity index (χ1) is 25.0. The predicted octanol–water partition coefficient (Wildman–Crippen LogP) is 12.6. The van der Waals surface area contributed by atoms with Crippen molar-refractivity contribution in [3.63, 3.8) is 0 Å². The summed E-state index contributed by atoms with van der Waals surface area (Å²) in [5.74, 6) is 1.61. The van der Waals surface area contributed by atoms with Gasteiger partial charge in [0.05, 0.1) is 43.0 Å². The number of ether oxygens (including phenoxy) is 4. The van der Waals surface area contributed by atoms with E-state index < -0.39 is 5.97 Å². The zero-order valence-corrected chi connectivity index (χ0v) is 32.1. The van der Waals surface area contributed by atoms with Gasteiger partial charge in [0.25, 0.3) is 0 Å². The van der Waals surface area contributed by atoms with Crippen molar-refractivity contribution in [3.05, 3.63) is 71.5 Å². The monoisotopic (exact) mass is 700 g/mol. The molecule has 0 saturated carbocycles. The van der Waals surface area contributed by atoms with Gasteiger partial charge in [0.1, 0.15) is 5.75 Å². The van der Waals surface area contributed by atoms with Crippen LogP contribution in [-0.4, -0.2) is 37.0 Å². The number of hydrogen-bond acceptors (Lipinski definition) is 7. The standard InChI is InChI=1S/C44H64N2O5/c1-5-8-11-14-17-20-30-48-41-33-37(44(47)51-40-28-26-38(27-29-40)45-35-39-25-23-24-36(4)46-39)34-42(49-31-21-18-15-12-9-6-2)43(41)50-32-22-19-16-13-10-7-3/h23-29,33-35H,5-22,30-32H2,1-4H3. The van der Waals surface area contributed by atoms with E-state index in [1.807, 2.05) is 37.3 Å². The summed E-state index contributed by atoms with van der Waals surface area (Å²) in [7, 11) is 0. The van der Waals surface area contributed by atoms with E-state index in [0.717, 1.165) is 55.6 Å². The molecule has 0 bridgehead atoms. The van der Waals surface area contributed by atoms with E-state index in [1.165, 1.54) is 77.0 Å². The van der Waals surface area contributed by atoms with Gasteiger partial charge in [-0.05, 0) is 74.7 Å². The summed E-state index contributed by atoms with van der Waals surface area (Å²) in [6.45, 7) is 10.3. The molecule has 0 aliphatic carbocycles. The topological polar surface area (TPSA) is 79.2 Å². The molecule has 1 heterocycles. The van der Waals surface area contributed by atoms with Crippen molar-refractivity contribution >= 4 is 17.9 Å². The fourth-order valence-electron chi connectivity index (χ4n) is 5.78. The summed E-state index contributed by atoms with van der Waals surface area (Å²) in [6.07, 6.45) is 22.8. The molecule has 0 amide bonds. The molecule has 0 N–H and O–H groups in total. The highest BCUT2D eigenvalue weighted by Gasteiger charge is 2.20. The Hall–Kier alpha value is -3.87. The van der Waals surface area contributed by atoms with Gasteiger partial charge in [0, 0.05) is 5.69 Å². The fourth-order valence-corrected chi connectivity index (χ4v) is 5.78. The normalized spacial score (nSPS) is 11.2. The zero-order chi connectivity index (χ0) is 36.4. The lowest BCUT2D eigenvalue weighted by Crippen LogP contribution is -2.12. The molecule has 0 radical (unpaired) electrons. The molecular weight excluding hydrogens is 636 g/mol. The minimum absolute atomic E-state index is 0.366. The molecule has 0 saturated heterocycles. The number of aliphatic imine (C=N–C) groups is 1. The van der Waals surface area contributed by atoms with E-state index in [9.17, 15) is 4.79 Å². The van der Waals surface area contributed by atoms with E-state index in [-0.39, 0.29) is 0 Å². The molecule has 0 atom stereocenters. The molecule has 0 aliphatic heterocycles. The first-order valence-corrected chi connectivity index (χ1v) is 19.9. The molecule has 2 aromatic carbocycles. The number of unbranched alkanes of at least 4 members (excludes halogenated alkanes) is 15. The second kappa shape index (κ2) is 26.0. The first kappa shape index (κ1) is 41.5. The van der Waals surface area contributed by atoms with Gasteiger partial charge in [0.15, 0.2) is 11.5 Å². The Morgan fingerprint density at radius 1 is 0.627 bits per heavy atom. The van der Waals surface area contributed by atoms with Crippen LogP contribution in [0.1, 0.15) is 158 Å². The summed E-state index contributed by atoms with van der Waals surface area (Å²) in [6, 6.07) is 16.5. The van der Waals surface area contributed by atoms with E-state index in [2.05, 4.69) is 30.7 Å². The Morgan fingerprint density at radius 2 is 1.12 bits per heavy atom. The molecule has 51 heavy (non-hydrogen) atoms. The van der Waals surface area contributed by atoms with Gasteiger partial charge < -0.3 is 18.9 Å². The SMILES string of the molecule is CCCCCCCCOc1cc(C(=O)Oc2ccc(N=Cc3cccc(C)n3)cc2)cc(OCCCCCCCC)c1OCCCCCCCC. The number of aryl methyl sites for hydroxylation is 1. The van der Waals surface area contributed by atoms with Crippen LogP contribution in [0.5, 0.6) is 23.0 Å². The molecule has 0 aliphatic rings. The van der Waals surface area contributed by atoms with Gasteiger partial charge in [0.2, 0.25) is 5.75 Å². The average Bonchev–Trinajstić information content (AvgIpc) is 3.14. The lowest BCUT2D eigenvalue weighted by molar-refractivity contribution is 0.0733. The number of carbonyl (C=O) groups excluding carboxylic acids is 1. The van der Waals surface area contributed by atoms with Gasteiger partial charge >= 0.3 is 5.97 Å². The number of carbonyl (C=O) groups is 1. The van der Waals surface area contributed by atoms with Crippen LogP contribution in [0, 0.1) is 6.92 Å². The quantitative estimate of drug-likeness (QED) is 0.0325. The van der Waals surface area contributed by atoms with E-state index in [0.29, 0.717) is 48.4 Å². The maximum atomic E-state index is 13.6. The third kappa shape index (κ3) is 17.3. The molecule has 0 fully saturated rings. The molecule has 0 unspecified atom stereocenters. The van der Waals surface area contributed by atoms with Crippen molar-refractivity contribution in [2.45, 2.75) is 143 Å². The third-order valence-corrected chi connectivity index (χ3v) is 8.81. The van der Waals surface area contributed by atoms with Crippen LogP contribution < -0.4 is 18.9 Å². The predicted molar refractivity (Wildman–Crippen MR) is 211 cm³/mol. The molecule has 280 valence electrons. The lowest BCUT2D eigenvalue weighted by atomic mass is 10.1. The van der Waals surface area contributed by atoms with Crippen LogP contribution in [0.15, 0.2) is 59.6 Å². The Labute approximate surface area is 308 Å². The van der Waals surface area contributed by atoms with Crippen molar-refractivity contribution in [1.82, 2.24) is 4.98 Å². The van der Waals surface area contributed by atoms with Crippen LogP contribution in [0.25, 0.3) is 0 Å². The highest BCUT2D eigenvalue weighted by atomic mass is 16.5. The minimum atomic E-state index is -0.480. The van der Waals surface area contributed by atoms with E-state index in [4.69, 9.17) is 18.9 Å². The number of benzene rings is 2. The maximum Gasteiger partial charge on any atom is 0.343 e. The van der Waals surface area contributed by atoms with Crippen LogP contribution in [0.4, 0.5) is 5.69 Å². The number of hydrogen-bond donors (Lipinski definition) is 0. The van der Waals surface area contributed by atoms with E-state index >= 15 is 0 Å². The first-order valence-electron chi connectivity index (χ1n) is 19.9. The van der Waals surface area contributed by atoms with Gasteiger partial charge in [-0.25, -0.2) is 4.79 Å². The average molecular weight is 701 g/mol. The summed E-state index contributed by atoms with van der Waals surface area (Å²) in [5.41, 5.74) is 2.82. The molecule has 3 rings (SSSR count). The molecule has 1 aromatic heterocycles. The smallest absolute Gasteiger partial charge is 0.343 e. The van der Waals surface area contributed by atoms with Crippen molar-refractivity contribution in [2.75, 3.05) is 19.8 Å². The largest absolute Gasteiger partial charge is 0.490 e. The highest BCUT2D eigenvalue weighted by Crippen LogP contribution is 2.40. The van der Waals surface area contributed by atoms with Gasteiger partial charge in [-0.1, -0.05) is 123 Å². The van der Waals surface area contributed by atoms with E-state index in [1.54, 1.807) is 30.5 Å². The number of aromatic nitrogens is 1. The van der Waals surface area contributed by atoms with Gasteiger partial charge in [-0.3, -0.25) is 9.98 Å². The Kier molecular flexibility index (Phi) is 21.2. The summed E-state index contributed by atoms with van der Waals surface area (Å²) in [4.78, 5) is 22.6. The maximum absolute atomic E-state index is 13.6. The third-order valence-electron chi connectivity index (χ3n) is 8.81. The number of pyridine rings is 1. The molecule has 7 heteroatoms. The van der Waals surface area contributed by atoms with Crippen molar-refractivity contribution in [2.24, 2.45) is 4.99 Å². The zero-order valence-electron chi connectivity index (χ0n) is 32.1. The second-order valence-corrected chi connectivity index (χ2v) is 13.5. The summed E-state index contributed by atoms with van der Waals surface area (Å²) >= 11 is 0. The highest BCUT2D eigenvalue weighted by molar-refractivity contribution is 5.92. The van der Waals surface area contributed by atoms with Crippen LogP contribution in [-0.2, 0) is 0 Å². The van der Waals surface area contributed by atoms with Crippen molar-refractivity contribution in [3.8, 4) is 23.0 Å². The Balaban J connectivity index is 1.76. The number of esters is 1. The fraction of sp³-hybridized carbons (Fsp3) is 0.568. The Morgan fingerprint density at radius 3 is 1.63 bits per heavy atom. The molecule has 3 aromatic rings. The van der Waals surface area contributed by atoms with Crippen molar-refractivity contribution in [1.29, 1.82) is 0 Å². The van der Waals surface area contributed by atoms with Crippen molar-refractivity contribution < 1.29 is 23.7 Å². The van der Waals surface area contributed by atoms with Gasteiger partial charge in [-0.15, -0.1) is 0 Å². The Bertz CT molecular complexity index is 1370. The number of nitrogens with zero attached hydrogens (tertiary/aromatic N) is 2. The lowest BCUT2D eigenvalue weighted by Gasteiger charge is -2.19. The second-order valence-electron chi connectivity index (χ2n) is 13.5. The summed E-state index contributed by atoms with van der Waals surface area (Å²) in [5, 5.41) is 0. The molecular formula is C44H64N2O5. The van der Waals surface area contributed by atoms with Crippen LogP contribution in [0.3, 0.4) is 0 Å². The molecule has 0 spiro atoms. The molecule has 7 nitrogen and oxygen atoms in total.